The largest absolute Gasteiger partial charge is 1.00 e. The maximum atomic E-state index is 13.5. The van der Waals surface area contributed by atoms with Crippen LogP contribution in [-0.4, -0.2) is 25.5 Å². The van der Waals surface area contributed by atoms with Gasteiger partial charge in [-0.05, 0) is 54.6 Å². The summed E-state index contributed by atoms with van der Waals surface area (Å²) in [5.41, 5.74) is 0.518. The Morgan fingerprint density at radius 2 is 1.70 bits per heavy atom. The molecule has 9 nitrogen and oxygen atoms in total. The van der Waals surface area contributed by atoms with Crippen LogP contribution in [0.5, 0.6) is 11.5 Å². The summed E-state index contributed by atoms with van der Waals surface area (Å²) in [5.74, 6) is -0.841. The molecule has 4 aromatic rings. The molecule has 0 fully saturated rings. The van der Waals surface area contributed by atoms with Gasteiger partial charge in [0.25, 0.3) is 16.0 Å². The van der Waals surface area contributed by atoms with Crippen molar-refractivity contribution in [1.29, 1.82) is 0 Å². The second kappa shape index (κ2) is 13.3. The Bertz CT molecular complexity index is 1730. The molecule has 0 heterocycles. The van der Waals surface area contributed by atoms with Crippen molar-refractivity contribution >= 4 is 67.1 Å². The van der Waals surface area contributed by atoms with Crippen LogP contribution < -0.4 is 44.7 Å². The molecule has 0 aromatic heterocycles. The minimum absolute atomic E-state index is 0. The van der Waals surface area contributed by atoms with Crippen LogP contribution in [0.15, 0.2) is 75.8 Å². The molecular formula is C27H22Cl2N3NaO6S. The van der Waals surface area contributed by atoms with Gasteiger partial charge in [-0.15, -0.1) is 5.11 Å². The summed E-state index contributed by atoms with van der Waals surface area (Å²) in [6, 6.07) is 15.4. The normalized spacial score (nSPS) is 11.4. The third-order valence-corrected chi connectivity index (χ3v) is 7.20. The maximum Gasteiger partial charge on any atom is 1.00 e. The van der Waals surface area contributed by atoms with E-state index in [-0.39, 0.29) is 61.4 Å². The zero-order valence-electron chi connectivity index (χ0n) is 21.7. The van der Waals surface area contributed by atoms with E-state index in [0.29, 0.717) is 40.8 Å². The molecular weight excluding hydrogens is 588 g/mol. The molecule has 0 aliphatic rings. The first-order valence-electron chi connectivity index (χ1n) is 11.7. The van der Waals surface area contributed by atoms with Crippen LogP contribution in [0.1, 0.15) is 29.8 Å². The first kappa shape index (κ1) is 31.8. The molecule has 4 aromatic carbocycles. The summed E-state index contributed by atoms with van der Waals surface area (Å²) >= 11 is 12.6. The number of azo groups is 1. The number of nitrogens with zero attached hydrogens (tertiary/aromatic N) is 2. The maximum absolute atomic E-state index is 13.5. The van der Waals surface area contributed by atoms with Gasteiger partial charge in [-0.25, -0.2) is 0 Å². The average molecular weight is 610 g/mol. The Morgan fingerprint density at radius 1 is 1.00 bits per heavy atom. The van der Waals surface area contributed by atoms with Crippen LogP contribution in [0, 0.1) is 0 Å². The third-order valence-electron chi connectivity index (χ3n) is 5.76. The molecule has 1 amide bonds. The van der Waals surface area contributed by atoms with Gasteiger partial charge in [0.1, 0.15) is 11.4 Å². The van der Waals surface area contributed by atoms with E-state index in [2.05, 4.69) is 15.5 Å². The van der Waals surface area contributed by atoms with Crippen LogP contribution in [0.4, 0.5) is 17.1 Å². The van der Waals surface area contributed by atoms with Gasteiger partial charge >= 0.3 is 29.6 Å². The zero-order valence-corrected chi connectivity index (χ0v) is 26.1. The number of nitrogens with one attached hydrogen (secondary N) is 1. The number of carbonyl (C=O) groups excluding carboxylic acids is 1. The van der Waals surface area contributed by atoms with Gasteiger partial charge < -0.3 is 15.2 Å². The standard InChI is InChI=1S/C27H23Cl2N3O6S.Na/c1-3-15-11-18(39(35,36)37)14-22(29)24(15)31-32-25-19-8-6-5-7-16(19)12-20(26(25)33)27(34)30-23-10-9-17(38-4-2)13-21(23)28;/h5-14,33H,3-4H2,1-2H3,(H,30,34)(H,35,36,37);/q;+1/p-1. The van der Waals surface area contributed by atoms with Crippen molar-refractivity contribution in [3.05, 3.63) is 81.8 Å². The number of anilines is 1. The van der Waals surface area contributed by atoms with Crippen molar-refractivity contribution in [2.45, 2.75) is 25.2 Å². The Hall–Kier alpha value is -2.70. The van der Waals surface area contributed by atoms with Gasteiger partial charge in [-0.1, -0.05) is 60.1 Å². The number of amides is 1. The summed E-state index contributed by atoms with van der Waals surface area (Å²) in [5, 5.41) is 25.6. The van der Waals surface area contributed by atoms with Crippen molar-refractivity contribution in [3.63, 3.8) is 0 Å². The SMILES string of the molecule is CCOc1ccc(NC(=O)c2cc3ccccc3c(N=Nc3c(Cl)cc(S(=O)(=O)O)cc3CC)c2[O-])c(Cl)c1.[Na+]. The molecule has 0 bridgehead atoms. The monoisotopic (exact) mass is 609 g/mol. The molecule has 13 heteroatoms. The number of ether oxygens (including phenoxy) is 1. The van der Waals surface area contributed by atoms with Crippen LogP contribution in [-0.2, 0) is 16.5 Å². The molecule has 2 N–H and O–H groups in total. The molecule has 40 heavy (non-hydrogen) atoms. The smallest absolute Gasteiger partial charge is 0.870 e. The fourth-order valence-corrected chi connectivity index (χ4v) is 5.00. The summed E-state index contributed by atoms with van der Waals surface area (Å²) in [7, 11) is -4.49. The minimum atomic E-state index is -4.49. The topological polar surface area (TPSA) is 140 Å². The molecule has 202 valence electrons. The number of benzene rings is 4. The summed E-state index contributed by atoms with van der Waals surface area (Å²) in [6.07, 6.45) is 0.313. The van der Waals surface area contributed by atoms with E-state index in [9.17, 15) is 22.9 Å². The van der Waals surface area contributed by atoms with Crippen molar-refractivity contribution in [1.82, 2.24) is 0 Å². The molecule has 0 aliphatic heterocycles. The molecule has 4 rings (SSSR count). The van der Waals surface area contributed by atoms with Crippen LogP contribution >= 0.6 is 23.2 Å². The first-order valence-corrected chi connectivity index (χ1v) is 13.9. The van der Waals surface area contributed by atoms with Crippen LogP contribution in [0.3, 0.4) is 0 Å². The van der Waals surface area contributed by atoms with Crippen molar-refractivity contribution in [2.24, 2.45) is 10.2 Å². The minimum Gasteiger partial charge on any atom is -0.870 e. The van der Waals surface area contributed by atoms with E-state index in [1.165, 1.54) is 12.1 Å². The van der Waals surface area contributed by atoms with E-state index < -0.39 is 21.8 Å². The number of rotatable bonds is 8. The number of carbonyl (C=O) groups is 1. The Morgan fingerprint density at radius 3 is 2.35 bits per heavy atom. The Labute approximate surface area is 263 Å². The number of fused-ring (bicyclic) bond motifs is 1. The number of hydrogen-bond donors (Lipinski definition) is 2. The van der Waals surface area contributed by atoms with Gasteiger partial charge in [0.15, 0.2) is 0 Å². The number of hydrogen-bond acceptors (Lipinski definition) is 7. The van der Waals surface area contributed by atoms with Crippen molar-refractivity contribution in [2.75, 3.05) is 11.9 Å². The molecule has 0 spiro atoms. The van der Waals surface area contributed by atoms with E-state index in [1.54, 1.807) is 49.4 Å². The van der Waals surface area contributed by atoms with Gasteiger partial charge in [0, 0.05) is 17.0 Å². The summed E-state index contributed by atoms with van der Waals surface area (Å²) < 4.78 is 38.0. The van der Waals surface area contributed by atoms with Gasteiger partial charge in [-0.2, -0.15) is 13.5 Å². The fourth-order valence-electron chi connectivity index (χ4n) is 3.88. The van der Waals surface area contributed by atoms with Crippen molar-refractivity contribution in [3.8, 4) is 11.5 Å². The molecule has 0 saturated carbocycles. The zero-order chi connectivity index (χ0) is 28.3. The second-order valence-corrected chi connectivity index (χ2v) is 10.5. The van der Waals surface area contributed by atoms with Gasteiger partial charge in [0.05, 0.1) is 32.9 Å². The molecule has 0 saturated heterocycles. The first-order chi connectivity index (χ1) is 18.5. The summed E-state index contributed by atoms with van der Waals surface area (Å²) in [6.45, 7) is 4.02. The molecule has 0 aliphatic carbocycles. The van der Waals surface area contributed by atoms with E-state index in [4.69, 9.17) is 27.9 Å². The fraction of sp³-hybridized carbons (Fsp3) is 0.148. The quantitative estimate of drug-likeness (QED) is 0.175. The second-order valence-electron chi connectivity index (χ2n) is 8.29. The third kappa shape index (κ3) is 6.95. The Kier molecular flexibility index (Phi) is 10.6. The average Bonchev–Trinajstić information content (AvgIpc) is 2.89. The molecule has 0 unspecified atom stereocenters. The predicted octanol–water partition coefficient (Wildman–Crippen LogP) is 4.10. The number of aryl methyl sites for hydroxylation is 1. The number of halogens is 2. The Balaban J connectivity index is 0.00000441. The van der Waals surface area contributed by atoms with E-state index in [1.807, 2.05) is 6.92 Å². The predicted molar refractivity (Wildman–Crippen MR) is 149 cm³/mol. The van der Waals surface area contributed by atoms with Crippen LogP contribution in [0.2, 0.25) is 10.0 Å². The van der Waals surface area contributed by atoms with E-state index in [0.717, 1.165) is 6.07 Å². The molecule has 0 atom stereocenters. The van der Waals surface area contributed by atoms with Crippen molar-refractivity contribution < 1.29 is 57.2 Å². The summed E-state index contributed by atoms with van der Waals surface area (Å²) in [4.78, 5) is 12.8. The van der Waals surface area contributed by atoms with E-state index >= 15 is 0 Å². The van der Waals surface area contributed by atoms with Crippen LogP contribution in [0.25, 0.3) is 10.8 Å². The molecule has 0 radical (unpaired) electrons. The van der Waals surface area contributed by atoms with Gasteiger partial charge in [0.2, 0.25) is 0 Å². The van der Waals surface area contributed by atoms with Gasteiger partial charge in [-0.3, -0.25) is 9.35 Å².